The van der Waals surface area contributed by atoms with Gasteiger partial charge in [0.25, 0.3) is 0 Å². The predicted octanol–water partition coefficient (Wildman–Crippen LogP) is 0.228. The largest absolute Gasteiger partial charge is 0.480 e. The number of carbonyl (C=O) groups excluding carboxylic acids is 1. The van der Waals surface area contributed by atoms with E-state index >= 15 is 0 Å². The van der Waals surface area contributed by atoms with Gasteiger partial charge in [0.2, 0.25) is 5.91 Å². The molecule has 1 aromatic rings. The summed E-state index contributed by atoms with van der Waals surface area (Å²) in [6, 6.07) is 4.13. The Labute approximate surface area is 102 Å². The summed E-state index contributed by atoms with van der Waals surface area (Å²) in [5.41, 5.74) is 0.889. The lowest BCUT2D eigenvalue weighted by molar-refractivity contribution is -0.136. The van der Waals surface area contributed by atoms with Crippen molar-refractivity contribution in [3.05, 3.63) is 23.8 Å². The van der Waals surface area contributed by atoms with E-state index in [1.165, 1.54) is 18.2 Å². The molecule has 0 bridgehead atoms. The van der Waals surface area contributed by atoms with Crippen LogP contribution in [0.5, 0.6) is 0 Å². The average molecular weight is 250 g/mol. The Morgan fingerprint density at radius 2 is 2.06 bits per heavy atom. The molecule has 0 unspecified atom stereocenters. The van der Waals surface area contributed by atoms with Crippen LogP contribution in [-0.4, -0.2) is 41.1 Å². The number of nitrogens with zero attached hydrogens (tertiary/aromatic N) is 1. The lowest BCUT2D eigenvalue weighted by atomic mass is 10.1. The first kappa shape index (κ1) is 11.9. The minimum atomic E-state index is -1.13. The molecule has 2 rings (SSSR count). The summed E-state index contributed by atoms with van der Waals surface area (Å²) < 4.78 is 0. The van der Waals surface area contributed by atoms with Gasteiger partial charge in [-0.15, -0.1) is 0 Å². The van der Waals surface area contributed by atoms with Gasteiger partial charge in [-0.05, 0) is 18.2 Å². The molecule has 0 aliphatic carbocycles. The molecule has 0 saturated carbocycles. The molecule has 0 atom stereocenters. The highest BCUT2D eigenvalue weighted by atomic mass is 16.4. The molecule has 0 aromatic heterocycles. The Morgan fingerprint density at radius 3 is 2.67 bits per heavy atom. The van der Waals surface area contributed by atoms with Crippen molar-refractivity contribution in [3.8, 4) is 0 Å². The molecule has 94 valence electrons. The molecule has 1 aliphatic heterocycles. The fraction of sp³-hybridized carbons (Fsp3) is 0.182. The zero-order valence-electron chi connectivity index (χ0n) is 9.21. The van der Waals surface area contributed by atoms with Crippen LogP contribution in [0.2, 0.25) is 0 Å². The summed E-state index contributed by atoms with van der Waals surface area (Å²) in [6.45, 7) is -0.497. The van der Waals surface area contributed by atoms with E-state index < -0.39 is 18.5 Å². The van der Waals surface area contributed by atoms with E-state index in [4.69, 9.17) is 10.2 Å². The second-order valence-electron chi connectivity index (χ2n) is 3.76. The second kappa shape index (κ2) is 4.36. The molecule has 0 spiro atoms. The third-order valence-corrected chi connectivity index (χ3v) is 2.56. The molecule has 1 amide bonds. The maximum atomic E-state index is 11.6. The highest BCUT2D eigenvalue weighted by molar-refractivity contribution is 6.06. The van der Waals surface area contributed by atoms with Gasteiger partial charge in [0, 0.05) is 0 Å². The summed E-state index contributed by atoms with van der Waals surface area (Å²) in [6.07, 6.45) is 0. The number of amides is 1. The topological polar surface area (TPSA) is 107 Å². The van der Waals surface area contributed by atoms with Crippen molar-refractivity contribution in [2.75, 3.05) is 23.3 Å². The molecule has 1 aliphatic rings. The molecular formula is C11H10N2O5. The molecular weight excluding hydrogens is 240 g/mol. The smallest absolute Gasteiger partial charge is 0.335 e. The molecule has 0 fully saturated rings. The number of benzene rings is 1. The Hall–Kier alpha value is -2.57. The fourth-order valence-electron chi connectivity index (χ4n) is 1.76. The number of carboxylic acids is 2. The number of hydrogen-bond acceptors (Lipinski definition) is 4. The Balaban J connectivity index is 2.41. The zero-order valence-corrected chi connectivity index (χ0v) is 9.21. The summed E-state index contributed by atoms with van der Waals surface area (Å²) in [4.78, 5) is 34.2. The van der Waals surface area contributed by atoms with Crippen LogP contribution in [0.25, 0.3) is 0 Å². The standard InChI is InChI=1S/C11H10N2O5/c14-9-4-12-7-3-6(11(17)18)1-2-8(7)13(9)5-10(15)16/h1-3,12H,4-5H2,(H,15,16)(H,17,18). The van der Waals surface area contributed by atoms with Gasteiger partial charge in [-0.2, -0.15) is 0 Å². The van der Waals surface area contributed by atoms with Gasteiger partial charge in [0.1, 0.15) is 6.54 Å². The van der Waals surface area contributed by atoms with Gasteiger partial charge < -0.3 is 15.5 Å². The molecule has 1 heterocycles. The van der Waals surface area contributed by atoms with Gasteiger partial charge >= 0.3 is 11.9 Å². The van der Waals surface area contributed by atoms with Crippen molar-refractivity contribution in [2.45, 2.75) is 0 Å². The minimum absolute atomic E-state index is 0.0522. The van der Waals surface area contributed by atoms with Crippen molar-refractivity contribution >= 4 is 29.2 Å². The Kier molecular flexibility index (Phi) is 2.88. The molecule has 0 saturated heterocycles. The van der Waals surface area contributed by atoms with E-state index in [9.17, 15) is 14.4 Å². The van der Waals surface area contributed by atoms with Crippen molar-refractivity contribution in [1.82, 2.24) is 0 Å². The van der Waals surface area contributed by atoms with Gasteiger partial charge in [-0.1, -0.05) is 0 Å². The molecule has 7 heteroatoms. The van der Waals surface area contributed by atoms with Crippen molar-refractivity contribution < 1.29 is 24.6 Å². The zero-order chi connectivity index (χ0) is 13.3. The van der Waals surface area contributed by atoms with Gasteiger partial charge in [0.15, 0.2) is 0 Å². The first-order valence-electron chi connectivity index (χ1n) is 5.12. The molecule has 3 N–H and O–H groups in total. The van der Waals surface area contributed by atoms with Crippen LogP contribution in [0.3, 0.4) is 0 Å². The number of rotatable bonds is 3. The van der Waals surface area contributed by atoms with Crippen molar-refractivity contribution in [1.29, 1.82) is 0 Å². The maximum absolute atomic E-state index is 11.6. The quantitative estimate of drug-likeness (QED) is 0.708. The number of carbonyl (C=O) groups is 3. The molecule has 0 radical (unpaired) electrons. The lowest BCUT2D eigenvalue weighted by Crippen LogP contribution is -2.42. The number of fused-ring (bicyclic) bond motifs is 1. The fourth-order valence-corrected chi connectivity index (χ4v) is 1.76. The van der Waals surface area contributed by atoms with Crippen LogP contribution >= 0.6 is 0 Å². The Morgan fingerprint density at radius 1 is 1.33 bits per heavy atom. The molecule has 1 aromatic carbocycles. The van der Waals surface area contributed by atoms with Crippen LogP contribution in [0.15, 0.2) is 18.2 Å². The van der Waals surface area contributed by atoms with E-state index in [0.717, 1.165) is 4.90 Å². The van der Waals surface area contributed by atoms with Crippen LogP contribution < -0.4 is 10.2 Å². The Bertz CT molecular complexity index is 540. The third-order valence-electron chi connectivity index (χ3n) is 2.56. The second-order valence-corrected chi connectivity index (χ2v) is 3.76. The highest BCUT2D eigenvalue weighted by Gasteiger charge is 2.26. The van der Waals surface area contributed by atoms with E-state index in [1.807, 2.05) is 0 Å². The average Bonchev–Trinajstić information content (AvgIpc) is 2.31. The van der Waals surface area contributed by atoms with E-state index in [2.05, 4.69) is 5.32 Å². The van der Waals surface area contributed by atoms with Crippen LogP contribution in [-0.2, 0) is 9.59 Å². The number of carboxylic acid groups (broad SMARTS) is 2. The summed E-state index contributed by atoms with van der Waals surface area (Å²) in [5.74, 6) is -2.58. The molecule has 7 nitrogen and oxygen atoms in total. The summed E-state index contributed by atoms with van der Waals surface area (Å²) in [5, 5.41) is 20.4. The molecule has 18 heavy (non-hydrogen) atoms. The van der Waals surface area contributed by atoms with Gasteiger partial charge in [0.05, 0.1) is 23.5 Å². The number of hydrogen-bond donors (Lipinski definition) is 3. The van der Waals surface area contributed by atoms with Gasteiger partial charge in [-0.25, -0.2) is 4.79 Å². The minimum Gasteiger partial charge on any atom is -0.480 e. The van der Waals surface area contributed by atoms with Crippen molar-refractivity contribution in [2.24, 2.45) is 0 Å². The lowest BCUT2D eigenvalue weighted by Gasteiger charge is -2.29. The normalized spacial score (nSPS) is 13.8. The summed E-state index contributed by atoms with van der Waals surface area (Å²) >= 11 is 0. The van der Waals surface area contributed by atoms with Crippen LogP contribution in [0, 0.1) is 0 Å². The van der Waals surface area contributed by atoms with E-state index in [1.54, 1.807) is 0 Å². The number of aromatic carboxylic acids is 1. The first-order valence-corrected chi connectivity index (χ1v) is 5.12. The number of nitrogens with one attached hydrogen (secondary N) is 1. The highest BCUT2D eigenvalue weighted by Crippen LogP contribution is 2.30. The number of anilines is 2. The predicted molar refractivity (Wildman–Crippen MR) is 61.9 cm³/mol. The summed E-state index contributed by atoms with van der Waals surface area (Å²) in [7, 11) is 0. The van der Waals surface area contributed by atoms with Crippen molar-refractivity contribution in [3.63, 3.8) is 0 Å². The van der Waals surface area contributed by atoms with Gasteiger partial charge in [-0.3, -0.25) is 14.5 Å². The first-order chi connectivity index (χ1) is 8.49. The maximum Gasteiger partial charge on any atom is 0.335 e. The monoisotopic (exact) mass is 250 g/mol. The van der Waals surface area contributed by atoms with E-state index in [-0.39, 0.29) is 18.0 Å². The van der Waals surface area contributed by atoms with Crippen LogP contribution in [0.1, 0.15) is 10.4 Å². The number of aliphatic carboxylic acids is 1. The van der Waals surface area contributed by atoms with Crippen LogP contribution in [0.4, 0.5) is 11.4 Å². The SMILES string of the molecule is O=C(O)CN1C(=O)CNc2cc(C(=O)O)ccc21. The van der Waals surface area contributed by atoms with E-state index in [0.29, 0.717) is 11.4 Å². The third kappa shape index (κ3) is 2.10.